The van der Waals surface area contributed by atoms with Gasteiger partial charge < -0.3 is 16.4 Å². The van der Waals surface area contributed by atoms with E-state index < -0.39 is 0 Å². The Hall–Kier alpha value is -1.36. The van der Waals surface area contributed by atoms with Crippen LogP contribution >= 0.6 is 0 Å². The lowest BCUT2D eigenvalue weighted by molar-refractivity contribution is 0.139. The van der Waals surface area contributed by atoms with Gasteiger partial charge in [0.1, 0.15) is 0 Å². The first kappa shape index (κ1) is 13.1. The minimum atomic E-state index is 0.325. The predicted octanol–water partition coefficient (Wildman–Crippen LogP) is 1.30. The molecule has 1 aromatic heterocycles. The molecule has 2 rings (SSSR count). The summed E-state index contributed by atoms with van der Waals surface area (Å²) in [6.07, 6.45) is 3.47. The molecule has 0 spiro atoms. The highest BCUT2D eigenvalue weighted by atomic mass is 15.2. The molecule has 5 nitrogen and oxygen atoms in total. The van der Waals surface area contributed by atoms with Crippen LogP contribution in [-0.4, -0.2) is 34.2 Å². The second kappa shape index (κ2) is 5.52. The molecule has 1 saturated heterocycles. The fourth-order valence-electron chi connectivity index (χ4n) is 2.59. The molecule has 2 heterocycles. The van der Waals surface area contributed by atoms with E-state index >= 15 is 0 Å². The molecular formula is C13H23N5. The van der Waals surface area contributed by atoms with Crippen molar-refractivity contribution in [2.24, 2.45) is 5.92 Å². The Bertz CT molecular complexity index is 404. The zero-order chi connectivity index (χ0) is 13.1. The zero-order valence-corrected chi connectivity index (χ0v) is 11.3. The number of likely N-dealkylation sites (tertiary alicyclic amines) is 1. The minimum Gasteiger partial charge on any atom is -0.396 e. The fourth-order valence-corrected chi connectivity index (χ4v) is 2.59. The maximum absolute atomic E-state index is 5.76. The van der Waals surface area contributed by atoms with Crippen LogP contribution in [0.25, 0.3) is 0 Å². The summed E-state index contributed by atoms with van der Waals surface area (Å²) in [6, 6.07) is 2.48. The van der Waals surface area contributed by atoms with Gasteiger partial charge in [-0.1, -0.05) is 0 Å². The second-order valence-corrected chi connectivity index (χ2v) is 5.48. The molecule has 5 heteroatoms. The number of rotatable bonds is 3. The average molecular weight is 249 g/mol. The lowest BCUT2D eigenvalue weighted by Crippen LogP contribution is -2.40. The van der Waals surface area contributed by atoms with Crippen LogP contribution in [0.5, 0.6) is 0 Å². The number of aromatic nitrogens is 2. The summed E-state index contributed by atoms with van der Waals surface area (Å²) in [7, 11) is 0. The SMILES string of the molecule is CC(C)N1CCCC(Cc2cc(N)c(N)nn2)C1. The van der Waals surface area contributed by atoms with Crippen molar-refractivity contribution in [3.05, 3.63) is 11.8 Å². The summed E-state index contributed by atoms with van der Waals surface area (Å²) < 4.78 is 0. The lowest BCUT2D eigenvalue weighted by Gasteiger charge is -2.35. The standard InChI is InChI=1S/C13H23N5/c1-9(2)18-5-3-4-10(8-18)6-11-7-12(14)13(15)17-16-11/h7,9-10H,3-6,8H2,1-2H3,(H2,14,16)(H2,15,17). The Balaban J connectivity index is 1.98. The van der Waals surface area contributed by atoms with Crippen molar-refractivity contribution in [2.75, 3.05) is 24.6 Å². The van der Waals surface area contributed by atoms with E-state index in [4.69, 9.17) is 11.5 Å². The molecular weight excluding hydrogens is 226 g/mol. The molecule has 1 aliphatic rings. The third-order valence-corrected chi connectivity index (χ3v) is 3.68. The van der Waals surface area contributed by atoms with Gasteiger partial charge in [-0.25, -0.2) is 0 Å². The Morgan fingerprint density at radius 3 is 2.83 bits per heavy atom. The normalized spacial score (nSPS) is 21.4. The van der Waals surface area contributed by atoms with Gasteiger partial charge >= 0.3 is 0 Å². The zero-order valence-electron chi connectivity index (χ0n) is 11.3. The number of hydrogen-bond acceptors (Lipinski definition) is 5. The third-order valence-electron chi connectivity index (χ3n) is 3.68. The van der Waals surface area contributed by atoms with Crippen LogP contribution in [0, 0.1) is 5.92 Å². The average Bonchev–Trinajstić information content (AvgIpc) is 2.34. The van der Waals surface area contributed by atoms with E-state index in [9.17, 15) is 0 Å². The number of nitrogens with two attached hydrogens (primary N) is 2. The molecule has 0 aliphatic carbocycles. The topological polar surface area (TPSA) is 81.1 Å². The van der Waals surface area contributed by atoms with Crippen molar-refractivity contribution in [1.82, 2.24) is 15.1 Å². The molecule has 0 bridgehead atoms. The summed E-state index contributed by atoms with van der Waals surface area (Å²) in [5, 5.41) is 8.02. The predicted molar refractivity (Wildman–Crippen MR) is 74.0 cm³/mol. The molecule has 100 valence electrons. The van der Waals surface area contributed by atoms with Gasteiger partial charge in [0.2, 0.25) is 0 Å². The van der Waals surface area contributed by atoms with Gasteiger partial charge in [0.05, 0.1) is 11.4 Å². The van der Waals surface area contributed by atoms with Gasteiger partial charge in [0.25, 0.3) is 0 Å². The van der Waals surface area contributed by atoms with Crippen molar-refractivity contribution in [1.29, 1.82) is 0 Å². The number of nitrogens with zero attached hydrogens (tertiary/aromatic N) is 3. The summed E-state index contributed by atoms with van der Waals surface area (Å²) in [5.74, 6) is 0.977. The van der Waals surface area contributed by atoms with Crippen LogP contribution < -0.4 is 11.5 Å². The monoisotopic (exact) mass is 249 g/mol. The van der Waals surface area contributed by atoms with E-state index in [1.165, 1.54) is 19.4 Å². The number of anilines is 2. The van der Waals surface area contributed by atoms with Crippen LogP contribution in [0.4, 0.5) is 11.5 Å². The van der Waals surface area contributed by atoms with Gasteiger partial charge in [0, 0.05) is 12.6 Å². The Morgan fingerprint density at radius 1 is 1.39 bits per heavy atom. The van der Waals surface area contributed by atoms with Crippen molar-refractivity contribution >= 4 is 11.5 Å². The van der Waals surface area contributed by atoms with E-state index in [1.54, 1.807) is 0 Å². The molecule has 0 amide bonds. The highest BCUT2D eigenvalue weighted by Crippen LogP contribution is 2.22. The Labute approximate surface area is 109 Å². The van der Waals surface area contributed by atoms with Crippen molar-refractivity contribution in [2.45, 2.75) is 39.2 Å². The second-order valence-electron chi connectivity index (χ2n) is 5.48. The molecule has 4 N–H and O–H groups in total. The first-order chi connectivity index (χ1) is 8.56. The maximum Gasteiger partial charge on any atom is 0.169 e. The number of hydrogen-bond donors (Lipinski definition) is 2. The molecule has 0 saturated carbocycles. The van der Waals surface area contributed by atoms with Crippen LogP contribution in [-0.2, 0) is 6.42 Å². The maximum atomic E-state index is 5.76. The Morgan fingerprint density at radius 2 is 2.17 bits per heavy atom. The van der Waals surface area contributed by atoms with E-state index in [2.05, 4.69) is 28.9 Å². The van der Waals surface area contributed by atoms with E-state index in [0.29, 0.717) is 23.5 Å². The van der Waals surface area contributed by atoms with Crippen LogP contribution in [0.15, 0.2) is 6.07 Å². The van der Waals surface area contributed by atoms with Gasteiger partial charge in [-0.15, -0.1) is 5.10 Å². The molecule has 1 aromatic rings. The van der Waals surface area contributed by atoms with E-state index in [-0.39, 0.29) is 0 Å². The fraction of sp³-hybridized carbons (Fsp3) is 0.692. The van der Waals surface area contributed by atoms with Gasteiger partial charge in [-0.3, -0.25) is 0 Å². The van der Waals surface area contributed by atoms with Crippen LogP contribution in [0.3, 0.4) is 0 Å². The molecule has 18 heavy (non-hydrogen) atoms. The molecule has 0 radical (unpaired) electrons. The van der Waals surface area contributed by atoms with E-state index in [1.807, 2.05) is 6.07 Å². The van der Waals surface area contributed by atoms with Gasteiger partial charge in [-0.2, -0.15) is 5.10 Å². The molecule has 1 unspecified atom stereocenters. The third kappa shape index (κ3) is 3.10. The first-order valence-corrected chi connectivity index (χ1v) is 6.68. The van der Waals surface area contributed by atoms with Gasteiger partial charge in [-0.05, 0) is 51.6 Å². The molecule has 0 aromatic carbocycles. The van der Waals surface area contributed by atoms with Crippen molar-refractivity contribution in [3.8, 4) is 0 Å². The largest absolute Gasteiger partial charge is 0.396 e. The summed E-state index contributed by atoms with van der Waals surface area (Å²) in [4.78, 5) is 2.53. The Kier molecular flexibility index (Phi) is 4.01. The minimum absolute atomic E-state index is 0.325. The van der Waals surface area contributed by atoms with Gasteiger partial charge in [0.15, 0.2) is 5.82 Å². The quantitative estimate of drug-likeness (QED) is 0.844. The molecule has 1 atom stereocenters. The number of nitrogen functional groups attached to an aromatic ring is 2. The smallest absolute Gasteiger partial charge is 0.169 e. The highest BCUT2D eigenvalue weighted by molar-refractivity contribution is 5.57. The lowest BCUT2D eigenvalue weighted by atomic mass is 9.92. The molecule has 1 fully saturated rings. The van der Waals surface area contributed by atoms with E-state index in [0.717, 1.165) is 18.7 Å². The first-order valence-electron chi connectivity index (χ1n) is 6.68. The summed E-state index contributed by atoms with van der Waals surface area (Å²) in [6.45, 7) is 6.86. The summed E-state index contributed by atoms with van der Waals surface area (Å²) in [5.41, 5.74) is 12.8. The van der Waals surface area contributed by atoms with Crippen LogP contribution in [0.1, 0.15) is 32.4 Å². The highest BCUT2D eigenvalue weighted by Gasteiger charge is 2.22. The van der Waals surface area contributed by atoms with Crippen molar-refractivity contribution in [3.63, 3.8) is 0 Å². The number of piperidine rings is 1. The van der Waals surface area contributed by atoms with Crippen LogP contribution in [0.2, 0.25) is 0 Å². The summed E-state index contributed by atoms with van der Waals surface area (Å²) >= 11 is 0. The van der Waals surface area contributed by atoms with Crippen molar-refractivity contribution < 1.29 is 0 Å². The molecule has 1 aliphatic heterocycles.